The first-order valence-corrected chi connectivity index (χ1v) is 8.31. The predicted octanol–water partition coefficient (Wildman–Crippen LogP) is 4.29. The molecule has 0 aliphatic rings. The molecule has 0 atom stereocenters. The Hall–Kier alpha value is -1.26. The maximum absolute atomic E-state index is 4.86. The van der Waals surface area contributed by atoms with Crippen molar-refractivity contribution in [3.8, 4) is 10.6 Å². The van der Waals surface area contributed by atoms with Crippen LogP contribution in [0.25, 0.3) is 10.6 Å². The van der Waals surface area contributed by atoms with Crippen LogP contribution in [0.4, 0.5) is 0 Å². The Morgan fingerprint density at radius 3 is 2.62 bits per heavy atom. The van der Waals surface area contributed by atoms with Gasteiger partial charge in [-0.3, -0.25) is 4.98 Å². The van der Waals surface area contributed by atoms with Gasteiger partial charge >= 0.3 is 0 Å². The molecule has 2 aromatic heterocycles. The summed E-state index contributed by atoms with van der Waals surface area (Å²) in [6, 6.07) is 4.04. The van der Waals surface area contributed by atoms with Crippen LogP contribution in [0.2, 0.25) is 0 Å². The summed E-state index contributed by atoms with van der Waals surface area (Å²) in [6.45, 7) is 11.9. The molecule has 0 bridgehead atoms. The Balaban J connectivity index is 2.27. The molecule has 0 saturated heterocycles. The highest BCUT2D eigenvalue weighted by atomic mass is 32.1. The summed E-state index contributed by atoms with van der Waals surface area (Å²) in [4.78, 5) is 10.4. The molecule has 0 fully saturated rings. The molecule has 0 aromatic carbocycles. The minimum Gasteiger partial charge on any atom is -0.307 e. The second kappa shape index (κ2) is 6.67. The number of nitrogens with one attached hydrogen (secondary N) is 1. The van der Waals surface area contributed by atoms with Crippen molar-refractivity contribution in [3.05, 3.63) is 35.1 Å². The standard InChI is InChI=1S/C17H25N3S/c1-12(2)9-14-15(11-19-17(3,4)5)21-16(20-14)13-7-6-8-18-10-13/h6-8,10,12,19H,9,11H2,1-5H3. The number of aromatic nitrogens is 2. The maximum Gasteiger partial charge on any atom is 0.125 e. The quantitative estimate of drug-likeness (QED) is 0.895. The molecular weight excluding hydrogens is 278 g/mol. The smallest absolute Gasteiger partial charge is 0.125 e. The Kier molecular flexibility index (Phi) is 5.12. The minimum absolute atomic E-state index is 0.119. The first kappa shape index (κ1) is 16.1. The van der Waals surface area contributed by atoms with E-state index in [9.17, 15) is 0 Å². The molecule has 0 radical (unpaired) electrons. The maximum atomic E-state index is 4.86. The summed E-state index contributed by atoms with van der Waals surface area (Å²) >= 11 is 1.78. The number of pyridine rings is 1. The van der Waals surface area contributed by atoms with Crippen LogP contribution in [0.3, 0.4) is 0 Å². The van der Waals surface area contributed by atoms with Gasteiger partial charge in [-0.2, -0.15) is 0 Å². The molecule has 2 heterocycles. The monoisotopic (exact) mass is 303 g/mol. The van der Waals surface area contributed by atoms with Gasteiger partial charge in [-0.25, -0.2) is 4.98 Å². The molecule has 0 saturated carbocycles. The molecule has 0 spiro atoms. The van der Waals surface area contributed by atoms with E-state index in [4.69, 9.17) is 4.98 Å². The Labute approximate surface area is 131 Å². The van der Waals surface area contributed by atoms with Crippen LogP contribution in [-0.4, -0.2) is 15.5 Å². The van der Waals surface area contributed by atoms with Crippen LogP contribution in [-0.2, 0) is 13.0 Å². The molecule has 4 heteroatoms. The number of rotatable bonds is 5. The zero-order chi connectivity index (χ0) is 15.5. The molecule has 0 unspecified atom stereocenters. The molecule has 2 aromatic rings. The summed E-state index contributed by atoms with van der Waals surface area (Å²) in [7, 11) is 0. The summed E-state index contributed by atoms with van der Waals surface area (Å²) in [6.07, 6.45) is 4.71. The van der Waals surface area contributed by atoms with Crippen molar-refractivity contribution in [2.75, 3.05) is 0 Å². The van der Waals surface area contributed by atoms with E-state index < -0.39 is 0 Å². The highest BCUT2D eigenvalue weighted by molar-refractivity contribution is 7.15. The zero-order valence-corrected chi connectivity index (χ0v) is 14.4. The second-order valence-corrected chi connectivity index (χ2v) is 7.92. The first-order chi connectivity index (χ1) is 9.85. The predicted molar refractivity (Wildman–Crippen MR) is 90.5 cm³/mol. The summed E-state index contributed by atoms with van der Waals surface area (Å²) in [5, 5.41) is 4.64. The van der Waals surface area contributed by atoms with Gasteiger partial charge in [-0.15, -0.1) is 11.3 Å². The van der Waals surface area contributed by atoms with E-state index in [2.05, 4.69) is 51.0 Å². The van der Waals surface area contributed by atoms with Crippen molar-refractivity contribution in [2.24, 2.45) is 5.92 Å². The molecule has 0 aliphatic carbocycles. The van der Waals surface area contributed by atoms with Crippen molar-refractivity contribution < 1.29 is 0 Å². The van der Waals surface area contributed by atoms with E-state index in [1.807, 2.05) is 12.3 Å². The van der Waals surface area contributed by atoms with Gasteiger partial charge in [-0.1, -0.05) is 13.8 Å². The number of thiazole rings is 1. The molecule has 0 amide bonds. The fourth-order valence-electron chi connectivity index (χ4n) is 2.03. The van der Waals surface area contributed by atoms with Crippen molar-refractivity contribution in [1.82, 2.24) is 15.3 Å². The third-order valence-corrected chi connectivity index (χ3v) is 4.21. The topological polar surface area (TPSA) is 37.8 Å². The lowest BCUT2D eigenvalue weighted by atomic mass is 10.1. The van der Waals surface area contributed by atoms with Gasteiger partial charge < -0.3 is 5.32 Å². The highest BCUT2D eigenvalue weighted by Crippen LogP contribution is 2.29. The minimum atomic E-state index is 0.119. The lowest BCUT2D eigenvalue weighted by Crippen LogP contribution is -2.35. The van der Waals surface area contributed by atoms with Gasteiger partial charge in [0.05, 0.1) is 5.69 Å². The lowest BCUT2D eigenvalue weighted by molar-refractivity contribution is 0.425. The molecule has 1 N–H and O–H groups in total. The van der Waals surface area contributed by atoms with Gasteiger partial charge in [0.2, 0.25) is 0 Å². The van der Waals surface area contributed by atoms with Crippen LogP contribution in [0.5, 0.6) is 0 Å². The van der Waals surface area contributed by atoms with E-state index in [0.717, 1.165) is 23.5 Å². The van der Waals surface area contributed by atoms with Crippen molar-refractivity contribution in [3.63, 3.8) is 0 Å². The van der Waals surface area contributed by atoms with Crippen LogP contribution in [0, 0.1) is 5.92 Å². The van der Waals surface area contributed by atoms with Gasteiger partial charge in [0, 0.05) is 34.9 Å². The molecule has 2 rings (SSSR count). The molecule has 114 valence electrons. The fraction of sp³-hybridized carbons (Fsp3) is 0.529. The van der Waals surface area contributed by atoms with E-state index >= 15 is 0 Å². The molecule has 0 aliphatic heterocycles. The van der Waals surface area contributed by atoms with Gasteiger partial charge in [0.25, 0.3) is 0 Å². The summed E-state index contributed by atoms with van der Waals surface area (Å²) in [5.74, 6) is 0.613. The molecule has 3 nitrogen and oxygen atoms in total. The summed E-state index contributed by atoms with van der Waals surface area (Å²) < 4.78 is 0. The van der Waals surface area contributed by atoms with Crippen molar-refractivity contribution >= 4 is 11.3 Å². The average molecular weight is 303 g/mol. The normalized spacial score (nSPS) is 12.1. The van der Waals surface area contributed by atoms with E-state index in [0.29, 0.717) is 5.92 Å². The van der Waals surface area contributed by atoms with Crippen LogP contribution in [0.15, 0.2) is 24.5 Å². The fourth-order valence-corrected chi connectivity index (χ4v) is 3.04. The Morgan fingerprint density at radius 1 is 1.29 bits per heavy atom. The van der Waals surface area contributed by atoms with Crippen molar-refractivity contribution in [2.45, 2.75) is 53.1 Å². The largest absolute Gasteiger partial charge is 0.307 e. The Morgan fingerprint density at radius 2 is 2.05 bits per heavy atom. The second-order valence-electron chi connectivity index (χ2n) is 6.83. The van der Waals surface area contributed by atoms with Crippen LogP contribution < -0.4 is 5.32 Å². The summed E-state index contributed by atoms with van der Waals surface area (Å²) in [5.41, 5.74) is 2.45. The van der Waals surface area contributed by atoms with Crippen LogP contribution >= 0.6 is 11.3 Å². The van der Waals surface area contributed by atoms with E-state index in [-0.39, 0.29) is 5.54 Å². The van der Waals surface area contributed by atoms with Crippen LogP contribution in [0.1, 0.15) is 45.2 Å². The third kappa shape index (κ3) is 4.90. The number of nitrogens with zero attached hydrogens (tertiary/aromatic N) is 2. The number of hydrogen-bond acceptors (Lipinski definition) is 4. The zero-order valence-electron chi connectivity index (χ0n) is 13.6. The van der Waals surface area contributed by atoms with Gasteiger partial charge in [0.1, 0.15) is 5.01 Å². The van der Waals surface area contributed by atoms with Gasteiger partial charge in [0.15, 0.2) is 0 Å². The number of hydrogen-bond donors (Lipinski definition) is 1. The Bertz CT molecular complexity index is 567. The first-order valence-electron chi connectivity index (χ1n) is 7.49. The average Bonchev–Trinajstić information content (AvgIpc) is 2.79. The van der Waals surface area contributed by atoms with Gasteiger partial charge in [-0.05, 0) is 45.2 Å². The lowest BCUT2D eigenvalue weighted by Gasteiger charge is -2.20. The van der Waals surface area contributed by atoms with E-state index in [1.54, 1.807) is 17.5 Å². The van der Waals surface area contributed by atoms with Crippen molar-refractivity contribution in [1.29, 1.82) is 0 Å². The molecular formula is C17H25N3S. The van der Waals surface area contributed by atoms with E-state index in [1.165, 1.54) is 10.6 Å². The molecule has 21 heavy (non-hydrogen) atoms. The highest BCUT2D eigenvalue weighted by Gasteiger charge is 2.16. The SMILES string of the molecule is CC(C)Cc1nc(-c2cccnc2)sc1CNC(C)(C)C. The third-order valence-electron chi connectivity index (χ3n) is 3.07.